The molecule has 0 atom stereocenters. The highest BCUT2D eigenvalue weighted by Gasteiger charge is 2.37. The molecule has 2 rings (SSSR count). The largest absolute Gasteiger partial charge is 0.454 e. The van der Waals surface area contributed by atoms with Crippen molar-refractivity contribution in [3.63, 3.8) is 0 Å². The van der Waals surface area contributed by atoms with E-state index in [0.29, 0.717) is 25.7 Å². The van der Waals surface area contributed by atoms with Gasteiger partial charge in [-0.15, -0.1) is 0 Å². The quantitative estimate of drug-likeness (QED) is 0.860. The van der Waals surface area contributed by atoms with Crippen LogP contribution in [0.2, 0.25) is 0 Å². The highest BCUT2D eigenvalue weighted by Crippen LogP contribution is 2.19. The fourth-order valence-corrected chi connectivity index (χ4v) is 1.88. The summed E-state index contributed by atoms with van der Waals surface area (Å²) in [5.41, 5.74) is 1.75. The first-order valence-corrected chi connectivity index (χ1v) is 6.09. The summed E-state index contributed by atoms with van der Waals surface area (Å²) < 4.78 is 36.8. The summed E-state index contributed by atoms with van der Waals surface area (Å²) in [5.74, 6) is -1.65. The van der Waals surface area contributed by atoms with Crippen molar-refractivity contribution in [2.45, 2.75) is 19.6 Å². The van der Waals surface area contributed by atoms with Crippen LogP contribution in [-0.4, -0.2) is 34.9 Å². The predicted octanol–water partition coefficient (Wildman–Crippen LogP) is 1.77. The second-order valence-electron chi connectivity index (χ2n) is 4.55. The number of hydrogen-bond donors (Lipinski definition) is 1. The van der Waals surface area contributed by atoms with Gasteiger partial charge in [0.15, 0.2) is 0 Å². The number of nitrogens with zero attached hydrogens (tertiary/aromatic N) is 2. The molecule has 1 N–H and O–H groups in total. The molecule has 7 heteroatoms. The monoisotopic (exact) mass is 285 g/mol. The zero-order valence-electron chi connectivity index (χ0n) is 10.9. The second kappa shape index (κ2) is 5.52. The first-order valence-electron chi connectivity index (χ1n) is 6.09. The Hall–Kier alpha value is -2.05. The van der Waals surface area contributed by atoms with Crippen LogP contribution in [0.5, 0.6) is 0 Å². The lowest BCUT2D eigenvalue weighted by molar-refractivity contribution is -0.165. The van der Waals surface area contributed by atoms with Crippen molar-refractivity contribution in [2.75, 3.05) is 13.1 Å². The van der Waals surface area contributed by atoms with E-state index in [0.717, 1.165) is 11.3 Å². The summed E-state index contributed by atoms with van der Waals surface area (Å²) >= 11 is 0. The molecule has 0 spiro atoms. The first-order chi connectivity index (χ1) is 9.36. The van der Waals surface area contributed by atoms with Crippen LogP contribution in [-0.2, 0) is 11.3 Å². The molecule has 0 saturated carbocycles. The smallest absolute Gasteiger partial charge is 0.370 e. The van der Waals surface area contributed by atoms with Crippen LogP contribution in [0.1, 0.15) is 11.3 Å². The van der Waals surface area contributed by atoms with E-state index < -0.39 is 12.0 Å². The zero-order valence-corrected chi connectivity index (χ0v) is 10.9. The molecule has 0 amide bonds. The van der Waals surface area contributed by atoms with Crippen LogP contribution in [0.25, 0.3) is 0 Å². The van der Waals surface area contributed by atoms with E-state index in [1.807, 2.05) is 19.1 Å². The Kier molecular flexibility index (Phi) is 3.96. The minimum Gasteiger partial charge on any atom is -0.370 e. The van der Waals surface area contributed by atoms with Crippen LogP contribution in [0.15, 0.2) is 30.2 Å². The van der Waals surface area contributed by atoms with E-state index in [9.17, 15) is 18.0 Å². The van der Waals surface area contributed by atoms with Gasteiger partial charge < -0.3 is 10.2 Å². The first kappa shape index (κ1) is 14.4. The van der Waals surface area contributed by atoms with Gasteiger partial charge in [-0.05, 0) is 18.6 Å². The molecule has 1 aliphatic heterocycles. The van der Waals surface area contributed by atoms with Gasteiger partial charge in [-0.2, -0.15) is 13.2 Å². The molecule has 0 unspecified atom stereocenters. The normalized spacial score (nSPS) is 17.4. The van der Waals surface area contributed by atoms with E-state index in [1.165, 1.54) is 0 Å². The lowest BCUT2D eigenvalue weighted by Gasteiger charge is -2.18. The molecule has 1 saturated heterocycles. The van der Waals surface area contributed by atoms with Crippen molar-refractivity contribution >= 4 is 5.78 Å². The standard InChI is InChI=1S/C13H14F3N3O/c1-9-2-3-10(7-18-9)8-19-5-4-17-12(19)6-11(20)13(14,15)16/h2-3,6-7,17H,4-5,8H2,1H3/b12-6+. The van der Waals surface area contributed by atoms with E-state index in [2.05, 4.69) is 10.3 Å². The Morgan fingerprint density at radius 2 is 2.25 bits per heavy atom. The minimum absolute atomic E-state index is 0.202. The molecule has 1 aromatic heterocycles. The van der Waals surface area contributed by atoms with Crippen molar-refractivity contribution < 1.29 is 18.0 Å². The molecule has 1 fully saturated rings. The highest BCUT2D eigenvalue weighted by atomic mass is 19.4. The number of rotatable bonds is 3. The number of pyridine rings is 1. The molecular weight excluding hydrogens is 271 g/mol. The molecule has 0 bridgehead atoms. The van der Waals surface area contributed by atoms with Crippen LogP contribution in [0, 0.1) is 6.92 Å². The average Bonchev–Trinajstić information content (AvgIpc) is 2.78. The number of alkyl halides is 3. The molecule has 0 aromatic carbocycles. The topological polar surface area (TPSA) is 45.2 Å². The summed E-state index contributed by atoms with van der Waals surface area (Å²) in [6, 6.07) is 3.70. The molecule has 20 heavy (non-hydrogen) atoms. The molecule has 0 radical (unpaired) electrons. The van der Waals surface area contributed by atoms with Crippen molar-refractivity contribution in [1.29, 1.82) is 0 Å². The van der Waals surface area contributed by atoms with Crippen LogP contribution in [0.3, 0.4) is 0 Å². The maximum Gasteiger partial charge on any atom is 0.454 e. The fourth-order valence-electron chi connectivity index (χ4n) is 1.88. The summed E-state index contributed by atoms with van der Waals surface area (Å²) in [5, 5.41) is 2.79. The Labute approximate surface area is 114 Å². The third kappa shape index (κ3) is 3.49. The Balaban J connectivity index is 2.09. The molecular formula is C13H14F3N3O. The molecule has 2 heterocycles. The summed E-state index contributed by atoms with van der Waals surface area (Å²) in [6.45, 7) is 3.33. The van der Waals surface area contributed by atoms with E-state index in [4.69, 9.17) is 0 Å². The SMILES string of the molecule is Cc1ccc(CN2CCN/C2=C\C(=O)C(F)(F)F)cn1. The summed E-state index contributed by atoms with van der Waals surface area (Å²) in [7, 11) is 0. The number of ketones is 1. The van der Waals surface area contributed by atoms with E-state index in [-0.39, 0.29) is 5.82 Å². The number of nitrogens with one attached hydrogen (secondary N) is 1. The van der Waals surface area contributed by atoms with Crippen molar-refractivity contribution in [1.82, 2.24) is 15.2 Å². The number of carbonyl (C=O) groups is 1. The van der Waals surface area contributed by atoms with Gasteiger partial charge in [-0.1, -0.05) is 6.07 Å². The second-order valence-corrected chi connectivity index (χ2v) is 4.55. The third-order valence-electron chi connectivity index (χ3n) is 2.92. The predicted molar refractivity (Wildman–Crippen MR) is 66.5 cm³/mol. The van der Waals surface area contributed by atoms with Crippen LogP contribution in [0.4, 0.5) is 13.2 Å². The Morgan fingerprint density at radius 3 is 2.85 bits per heavy atom. The lowest BCUT2D eigenvalue weighted by Crippen LogP contribution is -2.25. The van der Waals surface area contributed by atoms with E-state index >= 15 is 0 Å². The van der Waals surface area contributed by atoms with Gasteiger partial charge in [0.1, 0.15) is 5.82 Å². The lowest BCUT2D eigenvalue weighted by atomic mass is 10.2. The fraction of sp³-hybridized carbons (Fsp3) is 0.385. The summed E-state index contributed by atoms with van der Waals surface area (Å²) in [6.07, 6.45) is -2.56. The average molecular weight is 285 g/mol. The van der Waals surface area contributed by atoms with Crippen LogP contribution < -0.4 is 5.32 Å². The van der Waals surface area contributed by atoms with Crippen molar-refractivity contribution in [2.24, 2.45) is 0 Å². The van der Waals surface area contributed by atoms with Gasteiger partial charge >= 0.3 is 6.18 Å². The van der Waals surface area contributed by atoms with Gasteiger partial charge in [-0.25, -0.2) is 0 Å². The Morgan fingerprint density at radius 1 is 1.50 bits per heavy atom. The number of carbonyl (C=O) groups excluding carboxylic acids is 1. The number of aryl methyl sites for hydroxylation is 1. The van der Waals surface area contributed by atoms with E-state index in [1.54, 1.807) is 11.1 Å². The van der Waals surface area contributed by atoms with Gasteiger partial charge in [0.2, 0.25) is 0 Å². The number of aromatic nitrogens is 1. The third-order valence-corrected chi connectivity index (χ3v) is 2.92. The maximum atomic E-state index is 12.3. The van der Waals surface area contributed by atoms with Crippen molar-refractivity contribution in [3.8, 4) is 0 Å². The minimum atomic E-state index is -4.84. The molecule has 0 aliphatic carbocycles. The van der Waals surface area contributed by atoms with Crippen LogP contribution >= 0.6 is 0 Å². The molecule has 1 aromatic rings. The van der Waals surface area contributed by atoms with Gasteiger partial charge in [0.05, 0.1) is 0 Å². The Bertz CT molecular complexity index is 523. The number of hydrogen-bond acceptors (Lipinski definition) is 4. The molecule has 108 valence electrons. The van der Waals surface area contributed by atoms with Gasteiger partial charge in [0, 0.05) is 37.6 Å². The number of halogens is 3. The summed E-state index contributed by atoms with van der Waals surface area (Å²) in [4.78, 5) is 16.8. The molecule has 1 aliphatic rings. The van der Waals surface area contributed by atoms with Gasteiger partial charge in [0.25, 0.3) is 5.78 Å². The zero-order chi connectivity index (χ0) is 14.8. The van der Waals surface area contributed by atoms with Crippen molar-refractivity contribution in [3.05, 3.63) is 41.5 Å². The maximum absolute atomic E-state index is 12.3. The van der Waals surface area contributed by atoms with Gasteiger partial charge in [-0.3, -0.25) is 9.78 Å². The number of allylic oxidation sites excluding steroid dienone is 1. The molecule has 4 nitrogen and oxygen atoms in total. The highest BCUT2D eigenvalue weighted by molar-refractivity contribution is 5.94.